The summed E-state index contributed by atoms with van der Waals surface area (Å²) < 4.78 is 13.5. The third-order valence-corrected chi connectivity index (χ3v) is 1.71. The van der Waals surface area contributed by atoms with Crippen molar-refractivity contribution in [1.29, 1.82) is 0 Å². The third kappa shape index (κ3) is 2.12. The maximum absolute atomic E-state index is 12.6. The number of aromatic nitrogens is 2. The molecule has 1 heterocycles. The first-order valence-electron chi connectivity index (χ1n) is 3.43. The molecule has 0 aliphatic rings. The molecule has 0 saturated heterocycles. The van der Waals surface area contributed by atoms with Gasteiger partial charge in [-0.1, -0.05) is 11.6 Å². The predicted octanol–water partition coefficient (Wildman–Crippen LogP) is 0.536. The lowest BCUT2D eigenvalue weighted by molar-refractivity contribution is 0.519. The maximum atomic E-state index is 12.6. The van der Waals surface area contributed by atoms with Crippen LogP contribution in [0.2, 0.25) is 5.02 Å². The molecule has 0 fully saturated rings. The molecule has 6 heteroatoms. The first-order valence-corrected chi connectivity index (χ1v) is 3.80. The van der Waals surface area contributed by atoms with Crippen molar-refractivity contribution in [3.8, 4) is 0 Å². The summed E-state index contributed by atoms with van der Waals surface area (Å²) in [5.74, 6) is -0.863. The van der Waals surface area contributed by atoms with E-state index in [1.807, 2.05) is 0 Å². The summed E-state index contributed by atoms with van der Waals surface area (Å²) in [5, 5.41) is 2.93. The van der Waals surface area contributed by atoms with Crippen molar-refractivity contribution in [2.24, 2.45) is 0 Å². The Labute approximate surface area is 77.9 Å². The van der Waals surface area contributed by atoms with Gasteiger partial charge in [-0.2, -0.15) is 5.10 Å². The molecule has 0 saturated carbocycles. The molecule has 1 aromatic rings. The third-order valence-electron chi connectivity index (χ3n) is 1.37. The predicted molar refractivity (Wildman–Crippen MR) is 43.8 cm³/mol. The Balaban J connectivity index is 3.04. The van der Waals surface area contributed by atoms with Crippen molar-refractivity contribution >= 4 is 17.9 Å². The van der Waals surface area contributed by atoms with Crippen molar-refractivity contribution in [2.45, 2.75) is 13.0 Å². The van der Waals surface area contributed by atoms with Crippen LogP contribution in [0.1, 0.15) is 6.42 Å². The number of nitrogens with zero attached hydrogens (tertiary/aromatic N) is 2. The van der Waals surface area contributed by atoms with Crippen molar-refractivity contribution in [3.05, 3.63) is 27.4 Å². The molecule has 0 unspecified atom stereocenters. The molecule has 0 amide bonds. The zero-order chi connectivity index (χ0) is 9.84. The van der Waals surface area contributed by atoms with Gasteiger partial charge >= 0.3 is 0 Å². The molecule has 0 spiro atoms. The van der Waals surface area contributed by atoms with Gasteiger partial charge in [-0.15, -0.1) is 0 Å². The summed E-state index contributed by atoms with van der Waals surface area (Å²) in [6.45, 7) is 0.0579. The number of hydrogen-bond donors (Lipinski definition) is 0. The van der Waals surface area contributed by atoms with Crippen molar-refractivity contribution < 1.29 is 9.18 Å². The maximum Gasteiger partial charge on any atom is 0.288 e. The topological polar surface area (TPSA) is 52.0 Å². The average Bonchev–Trinajstić information content (AvgIpc) is 2.13. The van der Waals surface area contributed by atoms with E-state index in [9.17, 15) is 14.0 Å². The molecule has 13 heavy (non-hydrogen) atoms. The molecule has 4 nitrogen and oxygen atoms in total. The molecule has 0 aromatic carbocycles. The average molecular weight is 204 g/mol. The highest BCUT2D eigenvalue weighted by Crippen LogP contribution is 2.05. The van der Waals surface area contributed by atoms with E-state index in [2.05, 4.69) is 5.10 Å². The second kappa shape index (κ2) is 4.13. The van der Waals surface area contributed by atoms with Crippen molar-refractivity contribution in [2.75, 3.05) is 0 Å². The van der Waals surface area contributed by atoms with Crippen LogP contribution in [0.4, 0.5) is 4.39 Å². The lowest BCUT2D eigenvalue weighted by Gasteiger charge is -2.00. The Morgan fingerprint density at radius 3 is 3.00 bits per heavy atom. The Morgan fingerprint density at radius 1 is 1.69 bits per heavy atom. The van der Waals surface area contributed by atoms with E-state index in [1.165, 1.54) is 0 Å². The van der Waals surface area contributed by atoms with Gasteiger partial charge in [0.2, 0.25) is 0 Å². The first kappa shape index (κ1) is 9.85. The van der Waals surface area contributed by atoms with E-state index < -0.39 is 16.4 Å². The highest BCUT2D eigenvalue weighted by molar-refractivity contribution is 6.30. The molecule has 1 aromatic heterocycles. The van der Waals surface area contributed by atoms with Crippen LogP contribution in [0.25, 0.3) is 0 Å². The SMILES string of the molecule is O=[C]CCn1ncc(F)c(Cl)c1=O. The summed E-state index contributed by atoms with van der Waals surface area (Å²) in [6.07, 6.45) is 2.44. The van der Waals surface area contributed by atoms with E-state index in [-0.39, 0.29) is 13.0 Å². The highest BCUT2D eigenvalue weighted by Gasteiger charge is 2.07. The Morgan fingerprint density at radius 2 is 2.38 bits per heavy atom. The molecule has 0 aliphatic heterocycles. The fourth-order valence-corrected chi connectivity index (χ4v) is 0.902. The van der Waals surface area contributed by atoms with Gasteiger partial charge in [0.15, 0.2) is 12.1 Å². The van der Waals surface area contributed by atoms with E-state index in [4.69, 9.17) is 11.6 Å². The van der Waals surface area contributed by atoms with E-state index in [0.29, 0.717) is 0 Å². The summed E-state index contributed by atoms with van der Waals surface area (Å²) in [5.41, 5.74) is -0.739. The molecule has 0 aliphatic carbocycles. The molecular weight excluding hydrogens is 199 g/mol. The van der Waals surface area contributed by atoms with Crippen molar-refractivity contribution in [1.82, 2.24) is 9.78 Å². The van der Waals surface area contributed by atoms with Gasteiger partial charge < -0.3 is 0 Å². The van der Waals surface area contributed by atoms with Crippen LogP contribution in [0.15, 0.2) is 11.0 Å². The van der Waals surface area contributed by atoms with E-state index >= 15 is 0 Å². The van der Waals surface area contributed by atoms with Crippen LogP contribution < -0.4 is 5.56 Å². The summed E-state index contributed by atoms with van der Waals surface area (Å²) in [7, 11) is 0. The van der Waals surface area contributed by atoms with Gasteiger partial charge in [-0.05, 0) is 0 Å². The minimum atomic E-state index is -0.863. The lowest BCUT2D eigenvalue weighted by atomic mass is 10.4. The Hall–Kier alpha value is -1.23. The minimum absolute atomic E-state index is 0.0227. The van der Waals surface area contributed by atoms with Crippen LogP contribution in [0.5, 0.6) is 0 Å². The minimum Gasteiger partial charge on any atom is -0.291 e. The Kier molecular flexibility index (Phi) is 3.13. The number of carbonyl (C=O) groups excluding carboxylic acids is 1. The van der Waals surface area contributed by atoms with Gasteiger partial charge in [0.25, 0.3) is 5.56 Å². The van der Waals surface area contributed by atoms with E-state index in [0.717, 1.165) is 10.9 Å². The number of halogens is 2. The normalized spacial score (nSPS) is 10.0. The molecular formula is C7H5ClFN2O2. The molecule has 1 radical (unpaired) electrons. The quantitative estimate of drug-likeness (QED) is 0.720. The van der Waals surface area contributed by atoms with Gasteiger partial charge in [0.05, 0.1) is 12.7 Å². The number of rotatable bonds is 3. The lowest BCUT2D eigenvalue weighted by Crippen LogP contribution is -2.24. The van der Waals surface area contributed by atoms with Crippen LogP contribution >= 0.6 is 11.6 Å². The molecule has 0 N–H and O–H groups in total. The molecule has 0 bridgehead atoms. The number of hydrogen-bond acceptors (Lipinski definition) is 3. The second-order valence-electron chi connectivity index (χ2n) is 2.23. The van der Waals surface area contributed by atoms with Crippen LogP contribution in [-0.4, -0.2) is 16.1 Å². The zero-order valence-corrected chi connectivity index (χ0v) is 7.21. The molecule has 1 rings (SSSR count). The largest absolute Gasteiger partial charge is 0.291 e. The standard InChI is InChI=1S/C7H5ClFN2O2/c8-6-5(9)4-10-11(7(6)13)2-1-3-12/h4H,1-2H2. The number of aryl methyl sites for hydroxylation is 1. The van der Waals surface area contributed by atoms with Crippen molar-refractivity contribution in [3.63, 3.8) is 0 Å². The molecule has 69 valence electrons. The van der Waals surface area contributed by atoms with Crippen LogP contribution in [0.3, 0.4) is 0 Å². The fourth-order valence-electron chi connectivity index (χ4n) is 0.756. The summed E-state index contributed by atoms with van der Waals surface area (Å²) in [4.78, 5) is 21.0. The van der Waals surface area contributed by atoms with Gasteiger partial charge in [-0.3, -0.25) is 9.59 Å². The first-order chi connectivity index (χ1) is 6.16. The highest BCUT2D eigenvalue weighted by atomic mass is 35.5. The summed E-state index contributed by atoms with van der Waals surface area (Å²) in [6, 6.07) is 0. The zero-order valence-electron chi connectivity index (χ0n) is 6.46. The van der Waals surface area contributed by atoms with E-state index in [1.54, 1.807) is 6.29 Å². The van der Waals surface area contributed by atoms with Crippen LogP contribution in [0, 0.1) is 5.82 Å². The monoisotopic (exact) mass is 203 g/mol. The summed E-state index contributed by atoms with van der Waals surface area (Å²) >= 11 is 5.31. The fraction of sp³-hybridized carbons (Fsp3) is 0.286. The Bertz CT molecular complexity index is 377. The smallest absolute Gasteiger partial charge is 0.288 e. The molecule has 0 atom stereocenters. The van der Waals surface area contributed by atoms with Crippen LogP contribution in [-0.2, 0) is 11.3 Å². The van der Waals surface area contributed by atoms with Gasteiger partial charge in [-0.25, -0.2) is 9.07 Å². The van der Waals surface area contributed by atoms with Gasteiger partial charge in [0.1, 0.15) is 5.02 Å². The second-order valence-corrected chi connectivity index (χ2v) is 2.61. The van der Waals surface area contributed by atoms with Gasteiger partial charge in [0, 0.05) is 6.42 Å².